The van der Waals surface area contributed by atoms with E-state index in [2.05, 4.69) is 11.7 Å². The molecule has 0 radical (unpaired) electrons. The van der Waals surface area contributed by atoms with E-state index < -0.39 is 0 Å². The van der Waals surface area contributed by atoms with Gasteiger partial charge in [-0.05, 0) is 19.3 Å². The van der Waals surface area contributed by atoms with Crippen LogP contribution in [0.1, 0.15) is 13.3 Å². The third-order valence-electron chi connectivity index (χ3n) is 1.84. The van der Waals surface area contributed by atoms with Gasteiger partial charge in [-0.2, -0.15) is 0 Å². The summed E-state index contributed by atoms with van der Waals surface area (Å²) < 4.78 is 0. The van der Waals surface area contributed by atoms with Crippen LogP contribution in [0.15, 0.2) is 17.8 Å². The fourth-order valence-corrected chi connectivity index (χ4v) is 1.03. The molecule has 0 aromatic heterocycles. The van der Waals surface area contributed by atoms with Crippen molar-refractivity contribution in [3.63, 3.8) is 0 Å². The van der Waals surface area contributed by atoms with Gasteiger partial charge < -0.3 is 5.21 Å². The van der Waals surface area contributed by atoms with Crippen LogP contribution in [0.25, 0.3) is 0 Å². The summed E-state index contributed by atoms with van der Waals surface area (Å²) in [6.07, 6.45) is 3.03. The highest BCUT2D eigenvalue weighted by molar-refractivity contribution is 5.86. The third kappa shape index (κ3) is 1.12. The molecule has 0 heterocycles. The Balaban J connectivity index is 2.42. The van der Waals surface area contributed by atoms with Crippen LogP contribution in [0.5, 0.6) is 0 Å². The maximum absolute atomic E-state index is 8.31. The van der Waals surface area contributed by atoms with Crippen molar-refractivity contribution >= 4 is 5.71 Å². The number of rotatable bonds is 2. The summed E-state index contributed by atoms with van der Waals surface area (Å²) in [6, 6.07) is 0. The minimum Gasteiger partial charge on any atom is -0.411 e. The predicted octanol–water partition coefficient (Wildman–Crippen LogP) is 1.66. The van der Waals surface area contributed by atoms with Gasteiger partial charge in [0.25, 0.3) is 0 Å². The van der Waals surface area contributed by atoms with Gasteiger partial charge in [0.1, 0.15) is 0 Å². The maximum Gasteiger partial charge on any atom is 0.0576 e. The highest BCUT2D eigenvalue weighted by atomic mass is 16.4. The lowest BCUT2D eigenvalue weighted by Crippen LogP contribution is -1.94. The van der Waals surface area contributed by atoms with E-state index in [0.29, 0.717) is 11.8 Å². The summed E-state index contributed by atoms with van der Waals surface area (Å²) in [5.41, 5.74) is 0.833. The third-order valence-corrected chi connectivity index (χ3v) is 1.84. The van der Waals surface area contributed by atoms with E-state index in [9.17, 15) is 0 Å². The van der Waals surface area contributed by atoms with Gasteiger partial charge in [-0.1, -0.05) is 11.2 Å². The summed E-state index contributed by atoms with van der Waals surface area (Å²) in [5, 5.41) is 11.4. The molecule has 0 saturated heterocycles. The van der Waals surface area contributed by atoms with Crippen LogP contribution >= 0.6 is 0 Å². The standard InChI is InChI=1S/C7H11NO/c1-3-6-4-7(6)5(2)8-9/h3,6-7,9H,1,4H2,2H3/b8-5-. The first-order chi connectivity index (χ1) is 4.29. The zero-order chi connectivity index (χ0) is 6.85. The fraction of sp³-hybridized carbons (Fsp3) is 0.571. The molecule has 0 amide bonds. The molecule has 2 heteroatoms. The van der Waals surface area contributed by atoms with Gasteiger partial charge in [-0.3, -0.25) is 0 Å². The molecule has 1 saturated carbocycles. The smallest absolute Gasteiger partial charge is 0.0576 e. The highest BCUT2D eigenvalue weighted by Gasteiger charge is 2.36. The normalized spacial score (nSPS) is 34.1. The first kappa shape index (κ1) is 6.33. The second kappa shape index (κ2) is 2.21. The van der Waals surface area contributed by atoms with Crippen LogP contribution in [0.2, 0.25) is 0 Å². The molecule has 0 aromatic carbocycles. The summed E-state index contributed by atoms with van der Waals surface area (Å²) in [6.45, 7) is 5.49. The first-order valence-electron chi connectivity index (χ1n) is 3.10. The van der Waals surface area contributed by atoms with Crippen LogP contribution < -0.4 is 0 Å². The molecule has 0 spiro atoms. The molecule has 1 N–H and O–H groups in total. The zero-order valence-electron chi connectivity index (χ0n) is 5.54. The Morgan fingerprint density at radius 2 is 2.56 bits per heavy atom. The lowest BCUT2D eigenvalue weighted by Gasteiger charge is -1.89. The van der Waals surface area contributed by atoms with Crippen molar-refractivity contribution in [2.45, 2.75) is 13.3 Å². The van der Waals surface area contributed by atoms with Crippen molar-refractivity contribution in [3.8, 4) is 0 Å². The minimum absolute atomic E-state index is 0.479. The van der Waals surface area contributed by atoms with E-state index in [1.54, 1.807) is 0 Å². The Kier molecular flexibility index (Phi) is 1.56. The average molecular weight is 125 g/mol. The van der Waals surface area contributed by atoms with Gasteiger partial charge in [0.2, 0.25) is 0 Å². The average Bonchev–Trinajstić information content (AvgIpc) is 2.64. The molecule has 1 aliphatic rings. The predicted molar refractivity (Wildman–Crippen MR) is 36.7 cm³/mol. The van der Waals surface area contributed by atoms with E-state index in [1.807, 2.05) is 13.0 Å². The minimum atomic E-state index is 0.479. The van der Waals surface area contributed by atoms with Gasteiger partial charge in [0.15, 0.2) is 0 Å². The number of hydrogen-bond donors (Lipinski definition) is 1. The van der Waals surface area contributed by atoms with E-state index in [1.165, 1.54) is 0 Å². The molecule has 1 aliphatic carbocycles. The summed E-state index contributed by atoms with van der Waals surface area (Å²) in [5.74, 6) is 1.05. The van der Waals surface area contributed by atoms with Crippen molar-refractivity contribution in [2.75, 3.05) is 0 Å². The van der Waals surface area contributed by atoms with Crippen LogP contribution in [0.3, 0.4) is 0 Å². The Bertz CT molecular complexity index is 151. The molecule has 2 nitrogen and oxygen atoms in total. The van der Waals surface area contributed by atoms with Gasteiger partial charge in [0, 0.05) is 5.92 Å². The molecule has 2 unspecified atom stereocenters. The van der Waals surface area contributed by atoms with Gasteiger partial charge in [-0.25, -0.2) is 0 Å². The maximum atomic E-state index is 8.31. The van der Waals surface area contributed by atoms with Crippen molar-refractivity contribution in [3.05, 3.63) is 12.7 Å². The fourth-order valence-electron chi connectivity index (χ4n) is 1.03. The number of oxime groups is 1. The Labute approximate surface area is 54.9 Å². The zero-order valence-corrected chi connectivity index (χ0v) is 5.54. The Morgan fingerprint density at radius 3 is 2.89 bits per heavy atom. The lowest BCUT2D eigenvalue weighted by molar-refractivity contribution is 0.316. The van der Waals surface area contributed by atoms with Crippen LogP contribution in [0.4, 0.5) is 0 Å². The molecule has 0 aliphatic heterocycles. The number of allylic oxidation sites excluding steroid dienone is 1. The SMILES string of the molecule is C=CC1CC1/C(C)=N\O. The van der Waals surface area contributed by atoms with Crippen LogP contribution in [0, 0.1) is 11.8 Å². The van der Waals surface area contributed by atoms with Crippen molar-refractivity contribution in [1.82, 2.24) is 0 Å². The summed E-state index contributed by atoms with van der Waals surface area (Å²) >= 11 is 0. The molecule has 2 atom stereocenters. The number of nitrogens with zero attached hydrogens (tertiary/aromatic N) is 1. The van der Waals surface area contributed by atoms with E-state index in [-0.39, 0.29) is 0 Å². The topological polar surface area (TPSA) is 32.6 Å². The quantitative estimate of drug-likeness (QED) is 0.259. The molecule has 0 aromatic rings. The van der Waals surface area contributed by atoms with Crippen molar-refractivity contribution < 1.29 is 5.21 Å². The van der Waals surface area contributed by atoms with E-state index >= 15 is 0 Å². The summed E-state index contributed by atoms with van der Waals surface area (Å²) in [7, 11) is 0. The molecular formula is C7H11NO. The Morgan fingerprint density at radius 1 is 1.89 bits per heavy atom. The van der Waals surface area contributed by atoms with Crippen LogP contribution in [-0.4, -0.2) is 10.9 Å². The van der Waals surface area contributed by atoms with Gasteiger partial charge in [0.05, 0.1) is 5.71 Å². The molecule has 0 bridgehead atoms. The second-order valence-electron chi connectivity index (χ2n) is 2.48. The lowest BCUT2D eigenvalue weighted by atomic mass is 10.2. The molecule has 1 rings (SSSR count). The number of hydrogen-bond acceptors (Lipinski definition) is 2. The van der Waals surface area contributed by atoms with Crippen molar-refractivity contribution in [1.29, 1.82) is 0 Å². The Hall–Kier alpha value is -0.790. The molecule has 9 heavy (non-hydrogen) atoms. The highest BCUT2D eigenvalue weighted by Crippen LogP contribution is 2.40. The van der Waals surface area contributed by atoms with E-state index in [4.69, 9.17) is 5.21 Å². The largest absolute Gasteiger partial charge is 0.411 e. The van der Waals surface area contributed by atoms with Gasteiger partial charge >= 0.3 is 0 Å². The monoisotopic (exact) mass is 125 g/mol. The first-order valence-corrected chi connectivity index (χ1v) is 3.10. The van der Waals surface area contributed by atoms with E-state index in [0.717, 1.165) is 12.1 Å². The molecule has 50 valence electrons. The van der Waals surface area contributed by atoms with Crippen molar-refractivity contribution in [2.24, 2.45) is 17.0 Å². The van der Waals surface area contributed by atoms with Crippen LogP contribution in [-0.2, 0) is 0 Å². The molecular weight excluding hydrogens is 114 g/mol. The molecule has 1 fully saturated rings. The van der Waals surface area contributed by atoms with Gasteiger partial charge in [-0.15, -0.1) is 6.58 Å². The second-order valence-corrected chi connectivity index (χ2v) is 2.48. The summed E-state index contributed by atoms with van der Waals surface area (Å²) in [4.78, 5) is 0.